The molecule has 0 N–H and O–H groups in total. The van der Waals surface area contributed by atoms with Crippen molar-refractivity contribution in [1.29, 1.82) is 0 Å². The van der Waals surface area contributed by atoms with Crippen molar-refractivity contribution in [2.75, 3.05) is 0 Å². The second-order valence-electron chi connectivity index (χ2n) is 8.15. The Bertz CT molecular complexity index is 1560. The second kappa shape index (κ2) is 9.36. The number of hydrogen-bond donors (Lipinski definition) is 0. The van der Waals surface area contributed by atoms with Crippen LogP contribution in [0.3, 0.4) is 0 Å². The van der Waals surface area contributed by atoms with E-state index in [1.54, 1.807) is 6.92 Å². The lowest BCUT2D eigenvalue weighted by Crippen LogP contribution is -2.38. The third kappa shape index (κ3) is 4.71. The molecule has 184 valence electrons. The Hall–Kier alpha value is -2.77. The van der Waals surface area contributed by atoms with E-state index in [4.69, 9.17) is 0 Å². The maximum absolute atomic E-state index is 13.7. The number of nitrogens with zero attached hydrogens (tertiary/aromatic N) is 4. The topological polar surface area (TPSA) is 86.8 Å². The summed E-state index contributed by atoms with van der Waals surface area (Å²) in [4.78, 5) is 40.1. The van der Waals surface area contributed by atoms with E-state index in [-0.39, 0.29) is 32.5 Å². The highest BCUT2D eigenvalue weighted by molar-refractivity contribution is 8.01. The van der Waals surface area contributed by atoms with Gasteiger partial charge in [-0.05, 0) is 18.9 Å². The van der Waals surface area contributed by atoms with Crippen LogP contribution in [0.15, 0.2) is 43.1 Å². The van der Waals surface area contributed by atoms with Gasteiger partial charge in [0.2, 0.25) is 5.78 Å². The lowest BCUT2D eigenvalue weighted by Gasteiger charge is -2.11. The highest BCUT2D eigenvalue weighted by atomic mass is 32.2. The predicted octanol–water partition coefficient (Wildman–Crippen LogP) is 4.98. The molecule has 0 bridgehead atoms. The maximum Gasteiger partial charge on any atom is 0.417 e. The van der Waals surface area contributed by atoms with E-state index in [0.717, 1.165) is 39.8 Å². The summed E-state index contributed by atoms with van der Waals surface area (Å²) in [5.74, 6) is -0.851. The van der Waals surface area contributed by atoms with Crippen molar-refractivity contribution in [2.24, 2.45) is 13.0 Å². The maximum atomic E-state index is 13.7. The van der Waals surface area contributed by atoms with Crippen molar-refractivity contribution >= 4 is 50.4 Å². The quantitative estimate of drug-likeness (QED) is 0.321. The average Bonchev–Trinajstić information content (AvgIpc) is 3.37. The molecule has 0 spiro atoms. The first kappa shape index (κ1) is 25.3. The first-order chi connectivity index (χ1) is 16.4. The Labute approximate surface area is 209 Å². The number of benzene rings is 1. The van der Waals surface area contributed by atoms with Gasteiger partial charge in [-0.3, -0.25) is 18.7 Å². The summed E-state index contributed by atoms with van der Waals surface area (Å²) in [5.41, 5.74) is -2.79. The van der Waals surface area contributed by atoms with Crippen molar-refractivity contribution in [2.45, 2.75) is 42.7 Å². The molecule has 0 aliphatic carbocycles. The molecule has 0 amide bonds. The third-order valence-electron chi connectivity index (χ3n) is 5.06. The average molecular weight is 541 g/mol. The first-order valence-electron chi connectivity index (χ1n) is 10.3. The Morgan fingerprint density at radius 2 is 1.83 bits per heavy atom. The monoisotopic (exact) mass is 540 g/mol. The van der Waals surface area contributed by atoms with Gasteiger partial charge < -0.3 is 0 Å². The van der Waals surface area contributed by atoms with Crippen LogP contribution in [0.1, 0.15) is 39.7 Å². The fourth-order valence-electron chi connectivity index (χ4n) is 3.54. The summed E-state index contributed by atoms with van der Waals surface area (Å²) in [6.45, 7) is 5.78. The van der Waals surface area contributed by atoms with Crippen molar-refractivity contribution in [3.63, 3.8) is 0 Å². The molecule has 0 fully saturated rings. The lowest BCUT2D eigenvalue weighted by atomic mass is 10.0. The molecule has 4 rings (SSSR count). The molecule has 0 radical (unpaired) electrons. The number of fused-ring (bicyclic) bond motifs is 1. The number of thiophene rings is 1. The van der Waals surface area contributed by atoms with Gasteiger partial charge in [-0.15, -0.1) is 21.5 Å². The molecular weight excluding hydrogens is 521 g/mol. The minimum atomic E-state index is -4.75. The summed E-state index contributed by atoms with van der Waals surface area (Å²) in [7, 11) is 1.34. The molecule has 0 atom stereocenters. The molecule has 4 aromatic rings. The molecule has 7 nitrogen and oxygen atoms in total. The highest BCUT2D eigenvalue weighted by Crippen LogP contribution is 2.43. The van der Waals surface area contributed by atoms with E-state index in [9.17, 15) is 27.6 Å². The molecule has 0 unspecified atom stereocenters. The van der Waals surface area contributed by atoms with Crippen molar-refractivity contribution < 1.29 is 18.0 Å². The predicted molar refractivity (Wildman–Crippen MR) is 130 cm³/mol. The Morgan fingerprint density at radius 1 is 1.14 bits per heavy atom. The number of hydrogen-bond acceptors (Lipinski definition) is 8. The van der Waals surface area contributed by atoms with Gasteiger partial charge in [0.05, 0.1) is 20.7 Å². The molecule has 0 aliphatic rings. The van der Waals surface area contributed by atoms with Crippen LogP contribution in [0, 0.1) is 12.8 Å². The largest absolute Gasteiger partial charge is 0.417 e. The summed E-state index contributed by atoms with van der Waals surface area (Å²) in [6, 6.07) is 4.51. The summed E-state index contributed by atoms with van der Waals surface area (Å²) in [6.07, 6.45) is -4.75. The fourth-order valence-corrected chi connectivity index (χ4v) is 6.92. The number of carbonyl (C=O) groups excluding carboxylic acids is 1. The lowest BCUT2D eigenvalue weighted by molar-refractivity contribution is -0.137. The standard InChI is InChI=1S/C22H19F3N4O3S3/c1-10(2)9-29-19-14(18(31)28(4)21(29)32)16(35-20-27-26-11(3)33-20)17(34-19)15(30)12-7-5-6-8-13(12)22(23,24)25/h5-8,10H,9H2,1-4H3. The van der Waals surface area contributed by atoms with Gasteiger partial charge in [0.25, 0.3) is 5.56 Å². The van der Waals surface area contributed by atoms with Crippen LogP contribution in [0.4, 0.5) is 13.2 Å². The summed E-state index contributed by atoms with van der Waals surface area (Å²) in [5, 5.41) is 8.73. The molecular formula is C22H19F3N4O3S3. The zero-order chi connectivity index (χ0) is 25.7. The van der Waals surface area contributed by atoms with Crippen LogP contribution in [0.5, 0.6) is 0 Å². The Kier molecular flexibility index (Phi) is 6.77. The molecule has 0 aliphatic heterocycles. The van der Waals surface area contributed by atoms with Crippen LogP contribution < -0.4 is 11.2 Å². The number of aryl methyl sites for hydroxylation is 1. The van der Waals surface area contributed by atoms with Crippen LogP contribution in [-0.4, -0.2) is 25.1 Å². The van der Waals surface area contributed by atoms with Gasteiger partial charge in [-0.2, -0.15) is 13.2 Å². The van der Waals surface area contributed by atoms with Crippen LogP contribution in [0.25, 0.3) is 10.2 Å². The molecule has 13 heteroatoms. The van der Waals surface area contributed by atoms with Gasteiger partial charge in [0, 0.05) is 19.2 Å². The van der Waals surface area contributed by atoms with Gasteiger partial charge in [0.15, 0.2) is 4.34 Å². The van der Waals surface area contributed by atoms with Crippen LogP contribution in [0.2, 0.25) is 0 Å². The Balaban J connectivity index is 2.06. The number of carbonyl (C=O) groups is 1. The third-order valence-corrected chi connectivity index (χ3v) is 8.40. The molecule has 0 saturated carbocycles. The normalized spacial score (nSPS) is 12.1. The van der Waals surface area contributed by atoms with Gasteiger partial charge in [-0.25, -0.2) is 4.79 Å². The minimum absolute atomic E-state index is 0.0301. The summed E-state index contributed by atoms with van der Waals surface area (Å²) < 4.78 is 43.8. The Morgan fingerprint density at radius 3 is 2.43 bits per heavy atom. The van der Waals surface area contributed by atoms with Gasteiger partial charge in [-0.1, -0.05) is 55.1 Å². The SMILES string of the molecule is Cc1nnc(Sc2c(C(=O)c3ccccc3C(F)(F)F)sc3c2c(=O)n(C)c(=O)n3CC(C)C)s1. The van der Waals surface area contributed by atoms with E-state index < -0.39 is 34.3 Å². The highest BCUT2D eigenvalue weighted by Gasteiger charge is 2.36. The second-order valence-corrected chi connectivity index (χ2v) is 11.6. The zero-order valence-corrected chi connectivity index (χ0v) is 21.4. The molecule has 3 aromatic heterocycles. The van der Waals surface area contributed by atoms with E-state index in [1.807, 2.05) is 13.8 Å². The van der Waals surface area contributed by atoms with Crippen molar-refractivity contribution in [3.05, 3.63) is 66.1 Å². The first-order valence-corrected chi connectivity index (χ1v) is 12.8. The van der Waals surface area contributed by atoms with Crippen LogP contribution in [-0.2, 0) is 19.8 Å². The summed E-state index contributed by atoms with van der Waals surface area (Å²) >= 11 is 3.06. The number of alkyl halides is 3. The number of ketones is 1. The zero-order valence-electron chi connectivity index (χ0n) is 19.0. The van der Waals surface area contributed by atoms with E-state index in [2.05, 4.69) is 10.2 Å². The molecule has 0 saturated heterocycles. The molecule has 1 aromatic carbocycles. The number of rotatable bonds is 6. The minimum Gasteiger partial charge on any atom is -0.288 e. The van der Waals surface area contributed by atoms with Crippen molar-refractivity contribution in [1.82, 2.24) is 19.3 Å². The smallest absolute Gasteiger partial charge is 0.288 e. The van der Waals surface area contributed by atoms with Crippen LogP contribution >= 0.6 is 34.4 Å². The van der Waals surface area contributed by atoms with Crippen molar-refractivity contribution in [3.8, 4) is 0 Å². The number of halogens is 3. The molecule has 3 heterocycles. The van der Waals surface area contributed by atoms with Gasteiger partial charge in [0.1, 0.15) is 9.84 Å². The fraction of sp³-hybridized carbons (Fsp3) is 0.318. The van der Waals surface area contributed by atoms with E-state index >= 15 is 0 Å². The van der Waals surface area contributed by atoms with Gasteiger partial charge >= 0.3 is 11.9 Å². The molecule has 35 heavy (non-hydrogen) atoms. The van der Waals surface area contributed by atoms with E-state index in [1.165, 1.54) is 35.1 Å². The number of aromatic nitrogens is 4. The van der Waals surface area contributed by atoms with E-state index in [0.29, 0.717) is 9.35 Å².